The normalized spacial score (nSPS) is 16.8. The van der Waals surface area contributed by atoms with E-state index in [1.807, 2.05) is 45.9 Å². The molecule has 2 aromatic rings. The second kappa shape index (κ2) is 8.50. The van der Waals surface area contributed by atoms with E-state index in [1.165, 1.54) is 0 Å². The van der Waals surface area contributed by atoms with Crippen molar-refractivity contribution in [3.05, 3.63) is 52.6 Å². The predicted octanol–water partition coefficient (Wildman–Crippen LogP) is 3.02. The minimum Gasteiger partial charge on any atom is -0.444 e. The number of rotatable bonds is 3. The fraction of sp³-hybridized carbons (Fsp3) is 0.500. The Morgan fingerprint density at radius 1 is 1.03 bits per heavy atom. The second-order valence-electron chi connectivity index (χ2n) is 9.56. The third kappa shape index (κ3) is 4.75. The number of anilines is 1. The lowest BCUT2D eigenvalue weighted by molar-refractivity contribution is 0.0240. The molecule has 0 atom stereocenters. The number of hydrogen-bond donors (Lipinski definition) is 0. The van der Waals surface area contributed by atoms with Gasteiger partial charge in [0.05, 0.1) is 18.8 Å². The van der Waals surface area contributed by atoms with Crippen molar-refractivity contribution in [1.29, 1.82) is 0 Å². The molecular weight excluding hydrogens is 406 g/mol. The van der Waals surface area contributed by atoms with Gasteiger partial charge in [0.15, 0.2) is 0 Å². The zero-order valence-electron chi connectivity index (χ0n) is 19.5. The summed E-state index contributed by atoms with van der Waals surface area (Å²) in [4.78, 5) is 40.9. The summed E-state index contributed by atoms with van der Waals surface area (Å²) in [6, 6.07) is 7.67. The van der Waals surface area contributed by atoms with Crippen molar-refractivity contribution in [2.45, 2.75) is 46.4 Å². The van der Waals surface area contributed by atoms with Crippen molar-refractivity contribution in [3.8, 4) is 0 Å². The van der Waals surface area contributed by atoms with Gasteiger partial charge in [-0.3, -0.25) is 9.69 Å². The van der Waals surface area contributed by atoms with Crippen LogP contribution in [-0.2, 0) is 17.8 Å². The molecule has 1 aromatic carbocycles. The highest BCUT2D eigenvalue weighted by atomic mass is 16.6. The summed E-state index contributed by atoms with van der Waals surface area (Å²) < 4.78 is 5.48. The molecule has 3 heterocycles. The van der Waals surface area contributed by atoms with Gasteiger partial charge in [-0.05, 0) is 46.9 Å². The number of ether oxygens (including phenoxy) is 1. The van der Waals surface area contributed by atoms with Crippen LogP contribution in [0.25, 0.3) is 0 Å². The minimum absolute atomic E-state index is 0.169. The zero-order chi connectivity index (χ0) is 23.0. The number of amides is 1. The Balaban J connectivity index is 1.53. The summed E-state index contributed by atoms with van der Waals surface area (Å²) in [5.74, 6) is -0.0367. The molecule has 1 saturated heterocycles. The molecule has 0 saturated carbocycles. The molecule has 2 aliphatic heterocycles. The molecule has 0 bridgehead atoms. The fourth-order valence-electron chi connectivity index (χ4n) is 4.01. The number of hydrogen-bond acceptors (Lipinski definition) is 7. The molecule has 8 nitrogen and oxygen atoms in total. The lowest BCUT2D eigenvalue weighted by Gasteiger charge is -2.34. The number of carbonyl (C=O) groups is 2. The predicted molar refractivity (Wildman–Crippen MR) is 122 cm³/mol. The summed E-state index contributed by atoms with van der Waals surface area (Å²) in [6.07, 6.45) is -0.386. The van der Waals surface area contributed by atoms with E-state index in [2.05, 4.69) is 26.8 Å². The van der Waals surface area contributed by atoms with Crippen LogP contribution in [0.1, 0.15) is 53.9 Å². The Bertz CT molecular complexity index is 1040. The number of ketones is 1. The van der Waals surface area contributed by atoms with Gasteiger partial charge >= 0.3 is 6.09 Å². The minimum atomic E-state index is -0.567. The van der Waals surface area contributed by atoms with Crippen molar-refractivity contribution in [2.24, 2.45) is 0 Å². The van der Waals surface area contributed by atoms with Crippen LogP contribution < -0.4 is 4.90 Å². The first kappa shape index (κ1) is 22.2. The average Bonchev–Trinajstić information content (AvgIpc) is 3.18. The van der Waals surface area contributed by atoms with Crippen molar-refractivity contribution < 1.29 is 14.3 Å². The number of aromatic nitrogens is 2. The quantitative estimate of drug-likeness (QED) is 0.683. The molecule has 8 heteroatoms. The van der Waals surface area contributed by atoms with Crippen molar-refractivity contribution >= 4 is 17.6 Å². The molecule has 0 aliphatic carbocycles. The van der Waals surface area contributed by atoms with Gasteiger partial charge in [0.1, 0.15) is 5.60 Å². The molecule has 170 valence electrons. The van der Waals surface area contributed by atoms with E-state index in [0.29, 0.717) is 24.3 Å². The van der Waals surface area contributed by atoms with Crippen molar-refractivity contribution in [3.63, 3.8) is 0 Å². The molecule has 0 unspecified atom stereocenters. The molecule has 32 heavy (non-hydrogen) atoms. The van der Waals surface area contributed by atoms with E-state index < -0.39 is 5.60 Å². The van der Waals surface area contributed by atoms with Crippen LogP contribution in [0.3, 0.4) is 0 Å². The van der Waals surface area contributed by atoms with Crippen LogP contribution in [0, 0.1) is 6.92 Å². The van der Waals surface area contributed by atoms with E-state index in [9.17, 15) is 9.59 Å². The Morgan fingerprint density at radius 3 is 2.44 bits per heavy atom. The van der Waals surface area contributed by atoms with Gasteiger partial charge in [0.25, 0.3) is 0 Å². The largest absolute Gasteiger partial charge is 0.444 e. The first-order valence-electron chi connectivity index (χ1n) is 11.0. The monoisotopic (exact) mass is 437 g/mol. The van der Waals surface area contributed by atoms with Gasteiger partial charge in [-0.25, -0.2) is 14.8 Å². The molecule has 4 rings (SSSR count). The third-order valence-corrected chi connectivity index (χ3v) is 5.82. The third-order valence-electron chi connectivity index (χ3n) is 5.82. The maximum Gasteiger partial charge on any atom is 0.410 e. The van der Waals surface area contributed by atoms with Crippen LogP contribution in [-0.4, -0.2) is 70.5 Å². The number of nitrogens with zero attached hydrogens (tertiary/aromatic N) is 5. The number of aryl methyl sites for hydroxylation is 1. The first-order chi connectivity index (χ1) is 15.1. The number of benzene rings is 1. The molecule has 2 aliphatic rings. The lowest BCUT2D eigenvalue weighted by Crippen LogP contribution is -2.44. The Morgan fingerprint density at radius 2 is 1.75 bits per heavy atom. The SMILES string of the molecule is Cc1nc(C(=O)c2cccc(N3CCN(C)CC3)c2)nc2c1CN(C(=O)OC(C)(C)C)C2. The van der Waals surface area contributed by atoms with E-state index in [1.54, 1.807) is 11.0 Å². The van der Waals surface area contributed by atoms with Gasteiger partial charge < -0.3 is 14.5 Å². The molecule has 1 amide bonds. The molecule has 0 spiro atoms. The van der Waals surface area contributed by atoms with Crippen LogP contribution >= 0.6 is 0 Å². The Hall–Kier alpha value is -3.00. The Kier molecular flexibility index (Phi) is 5.90. The summed E-state index contributed by atoms with van der Waals surface area (Å²) in [5.41, 5.74) is 3.36. The maximum absolute atomic E-state index is 13.2. The van der Waals surface area contributed by atoms with Gasteiger partial charge in [0.2, 0.25) is 11.6 Å². The zero-order valence-corrected chi connectivity index (χ0v) is 19.5. The van der Waals surface area contributed by atoms with Crippen molar-refractivity contribution in [2.75, 3.05) is 38.1 Å². The van der Waals surface area contributed by atoms with Gasteiger partial charge in [-0.1, -0.05) is 12.1 Å². The van der Waals surface area contributed by atoms with Crippen LogP contribution in [0.2, 0.25) is 0 Å². The van der Waals surface area contributed by atoms with Gasteiger partial charge in [-0.2, -0.15) is 0 Å². The summed E-state index contributed by atoms with van der Waals surface area (Å²) >= 11 is 0. The van der Waals surface area contributed by atoms with E-state index in [-0.39, 0.29) is 17.7 Å². The summed E-state index contributed by atoms with van der Waals surface area (Å²) in [7, 11) is 2.12. The van der Waals surface area contributed by atoms with Crippen LogP contribution in [0.15, 0.2) is 24.3 Å². The second-order valence-corrected chi connectivity index (χ2v) is 9.56. The highest BCUT2D eigenvalue weighted by molar-refractivity contribution is 6.07. The van der Waals surface area contributed by atoms with Crippen molar-refractivity contribution in [1.82, 2.24) is 19.8 Å². The van der Waals surface area contributed by atoms with E-state index in [4.69, 9.17) is 4.74 Å². The fourth-order valence-corrected chi connectivity index (χ4v) is 4.01. The Labute approximate surface area is 189 Å². The molecule has 1 fully saturated rings. The molecule has 0 radical (unpaired) electrons. The van der Waals surface area contributed by atoms with E-state index in [0.717, 1.165) is 43.1 Å². The molecule has 0 N–H and O–H groups in total. The highest BCUT2D eigenvalue weighted by Gasteiger charge is 2.31. The van der Waals surface area contributed by atoms with E-state index >= 15 is 0 Å². The topological polar surface area (TPSA) is 78.9 Å². The van der Waals surface area contributed by atoms with Crippen LogP contribution in [0.5, 0.6) is 0 Å². The highest BCUT2D eigenvalue weighted by Crippen LogP contribution is 2.26. The number of piperazine rings is 1. The number of carbonyl (C=O) groups excluding carboxylic acids is 2. The summed E-state index contributed by atoms with van der Waals surface area (Å²) in [6.45, 7) is 11.9. The summed E-state index contributed by atoms with van der Waals surface area (Å²) in [5, 5.41) is 0. The number of fused-ring (bicyclic) bond motifs is 1. The van der Waals surface area contributed by atoms with Gasteiger partial charge in [0, 0.05) is 48.7 Å². The average molecular weight is 438 g/mol. The smallest absolute Gasteiger partial charge is 0.410 e. The molecule has 1 aromatic heterocycles. The first-order valence-corrected chi connectivity index (χ1v) is 11.0. The maximum atomic E-state index is 13.2. The standard InChI is InChI=1S/C24H31N5O3/c1-16-19-14-29(23(31)32-24(2,3)4)15-20(19)26-22(25-16)21(30)17-7-6-8-18(13-17)28-11-9-27(5)10-12-28/h6-8,13H,9-12,14-15H2,1-5H3. The van der Waals surface area contributed by atoms with Crippen LogP contribution in [0.4, 0.5) is 10.5 Å². The lowest BCUT2D eigenvalue weighted by atomic mass is 10.1. The van der Waals surface area contributed by atoms with Gasteiger partial charge in [-0.15, -0.1) is 0 Å². The molecular formula is C24H31N5O3. The number of likely N-dealkylation sites (N-methyl/N-ethyl adjacent to an activating group) is 1.